The van der Waals surface area contributed by atoms with Crippen molar-refractivity contribution < 1.29 is 4.74 Å². The van der Waals surface area contributed by atoms with Gasteiger partial charge in [-0.15, -0.1) is 0 Å². The van der Waals surface area contributed by atoms with Crippen LogP contribution in [-0.4, -0.2) is 6.10 Å². The second-order valence-corrected chi connectivity index (χ2v) is 6.20. The molecule has 3 fully saturated rings. The standard InChI is InChI=1S/C15H24O/c1-6-10(2)9-16-14-8-12-7-13(11(14)3)15(12,4)5/h6,9,11-14H,1,7-8H2,2-5H3/b10-9+. The third-order valence-corrected chi connectivity index (χ3v) is 5.03. The van der Waals surface area contributed by atoms with Crippen LogP contribution in [0.2, 0.25) is 0 Å². The molecule has 0 aromatic carbocycles. The molecule has 0 aromatic rings. The van der Waals surface area contributed by atoms with Gasteiger partial charge in [-0.25, -0.2) is 0 Å². The lowest BCUT2D eigenvalue weighted by Gasteiger charge is -2.61. The third-order valence-electron chi connectivity index (χ3n) is 5.03. The van der Waals surface area contributed by atoms with Crippen molar-refractivity contribution in [2.75, 3.05) is 0 Å². The Balaban J connectivity index is 1.98. The van der Waals surface area contributed by atoms with E-state index in [1.807, 2.05) is 19.3 Å². The van der Waals surface area contributed by atoms with E-state index in [2.05, 4.69) is 27.4 Å². The van der Waals surface area contributed by atoms with Crippen LogP contribution in [0.5, 0.6) is 0 Å². The van der Waals surface area contributed by atoms with Crippen LogP contribution in [0, 0.1) is 23.2 Å². The van der Waals surface area contributed by atoms with Gasteiger partial charge in [0.25, 0.3) is 0 Å². The van der Waals surface area contributed by atoms with E-state index in [0.29, 0.717) is 17.4 Å². The maximum atomic E-state index is 5.91. The van der Waals surface area contributed by atoms with E-state index in [-0.39, 0.29) is 0 Å². The summed E-state index contributed by atoms with van der Waals surface area (Å²) in [5.41, 5.74) is 1.67. The Morgan fingerprint density at radius 2 is 2.06 bits per heavy atom. The molecule has 0 amide bonds. The second kappa shape index (κ2) is 3.94. The Morgan fingerprint density at radius 1 is 1.38 bits per heavy atom. The van der Waals surface area contributed by atoms with Gasteiger partial charge < -0.3 is 4.74 Å². The van der Waals surface area contributed by atoms with Crippen LogP contribution in [0.1, 0.15) is 40.5 Å². The molecule has 4 atom stereocenters. The highest BCUT2D eigenvalue weighted by Gasteiger charge is 2.56. The van der Waals surface area contributed by atoms with Crippen molar-refractivity contribution in [2.24, 2.45) is 23.2 Å². The fraction of sp³-hybridized carbons (Fsp3) is 0.733. The van der Waals surface area contributed by atoms with Crippen LogP contribution in [0.3, 0.4) is 0 Å². The average Bonchev–Trinajstić information content (AvgIpc) is 2.26. The number of fused-ring (bicyclic) bond motifs is 2. The summed E-state index contributed by atoms with van der Waals surface area (Å²) in [6, 6.07) is 0. The molecule has 0 saturated heterocycles. The van der Waals surface area contributed by atoms with Gasteiger partial charge in [0.15, 0.2) is 0 Å². The molecule has 3 aliphatic rings. The van der Waals surface area contributed by atoms with E-state index in [1.54, 1.807) is 0 Å². The van der Waals surface area contributed by atoms with E-state index in [4.69, 9.17) is 4.74 Å². The predicted octanol–water partition coefficient (Wildman–Crippen LogP) is 4.16. The fourth-order valence-corrected chi connectivity index (χ4v) is 3.52. The van der Waals surface area contributed by atoms with E-state index >= 15 is 0 Å². The topological polar surface area (TPSA) is 9.23 Å². The molecule has 0 aliphatic heterocycles. The summed E-state index contributed by atoms with van der Waals surface area (Å²) in [6.45, 7) is 13.0. The van der Waals surface area contributed by atoms with Crippen LogP contribution >= 0.6 is 0 Å². The molecular formula is C15H24O. The zero-order valence-corrected chi connectivity index (χ0v) is 11.0. The second-order valence-electron chi connectivity index (χ2n) is 6.20. The molecule has 3 saturated carbocycles. The average molecular weight is 220 g/mol. The molecule has 0 N–H and O–H groups in total. The van der Waals surface area contributed by atoms with Crippen molar-refractivity contribution >= 4 is 0 Å². The lowest BCUT2D eigenvalue weighted by molar-refractivity contribution is -0.156. The monoisotopic (exact) mass is 220 g/mol. The Hall–Kier alpha value is -0.720. The first-order valence-corrected chi connectivity index (χ1v) is 6.41. The number of ether oxygens (including phenoxy) is 1. The van der Waals surface area contributed by atoms with Crippen molar-refractivity contribution in [3.63, 3.8) is 0 Å². The van der Waals surface area contributed by atoms with Gasteiger partial charge in [0, 0.05) is 0 Å². The van der Waals surface area contributed by atoms with Crippen molar-refractivity contribution in [2.45, 2.75) is 46.6 Å². The summed E-state index contributed by atoms with van der Waals surface area (Å²) in [5, 5.41) is 0. The Kier molecular flexibility index (Phi) is 2.90. The summed E-state index contributed by atoms with van der Waals surface area (Å²) in [6.07, 6.45) is 6.79. The van der Waals surface area contributed by atoms with Crippen molar-refractivity contribution in [1.29, 1.82) is 0 Å². The largest absolute Gasteiger partial charge is 0.497 e. The van der Waals surface area contributed by atoms with Crippen LogP contribution in [0.4, 0.5) is 0 Å². The molecule has 4 unspecified atom stereocenters. The molecule has 0 radical (unpaired) electrons. The van der Waals surface area contributed by atoms with Gasteiger partial charge in [-0.3, -0.25) is 0 Å². The summed E-state index contributed by atoms with van der Waals surface area (Å²) in [5.74, 6) is 2.42. The third kappa shape index (κ3) is 1.70. The molecule has 2 bridgehead atoms. The van der Waals surface area contributed by atoms with Crippen molar-refractivity contribution in [1.82, 2.24) is 0 Å². The minimum atomic E-state index is 0.423. The molecule has 3 aliphatic carbocycles. The molecule has 1 heteroatoms. The maximum absolute atomic E-state index is 5.91. The summed E-state index contributed by atoms with van der Waals surface area (Å²) < 4.78 is 5.91. The van der Waals surface area contributed by atoms with E-state index < -0.39 is 0 Å². The van der Waals surface area contributed by atoms with Crippen LogP contribution < -0.4 is 0 Å². The highest BCUT2D eigenvalue weighted by Crippen LogP contribution is 2.61. The lowest BCUT2D eigenvalue weighted by Crippen LogP contribution is -2.56. The molecule has 1 nitrogen and oxygen atoms in total. The normalized spacial score (nSPS) is 41.1. The number of rotatable bonds is 3. The highest BCUT2D eigenvalue weighted by atomic mass is 16.5. The smallest absolute Gasteiger partial charge is 0.101 e. The molecule has 90 valence electrons. The number of allylic oxidation sites excluding steroid dienone is 2. The van der Waals surface area contributed by atoms with E-state index in [9.17, 15) is 0 Å². The van der Waals surface area contributed by atoms with Gasteiger partial charge in [0.05, 0.1) is 6.26 Å². The van der Waals surface area contributed by atoms with Gasteiger partial charge in [0.2, 0.25) is 0 Å². The van der Waals surface area contributed by atoms with Gasteiger partial charge in [-0.1, -0.05) is 33.4 Å². The van der Waals surface area contributed by atoms with Crippen molar-refractivity contribution in [3.8, 4) is 0 Å². The Labute approximate surface area is 99.6 Å². The van der Waals surface area contributed by atoms with Gasteiger partial charge in [-0.2, -0.15) is 0 Å². The van der Waals surface area contributed by atoms with E-state index in [1.165, 1.54) is 12.8 Å². The minimum absolute atomic E-state index is 0.423. The molecule has 16 heavy (non-hydrogen) atoms. The SMILES string of the molecule is C=C/C(C)=C/OC1CC2CC(C1C)C2(C)C. The Bertz CT molecular complexity index is 313. The van der Waals surface area contributed by atoms with Gasteiger partial charge in [0.1, 0.15) is 6.10 Å². The quantitative estimate of drug-likeness (QED) is 0.512. The molecule has 3 rings (SSSR count). The fourth-order valence-electron chi connectivity index (χ4n) is 3.52. The van der Waals surface area contributed by atoms with Crippen LogP contribution in [-0.2, 0) is 4.74 Å². The lowest BCUT2D eigenvalue weighted by atomic mass is 9.45. The first-order chi connectivity index (χ1) is 7.46. The summed E-state index contributed by atoms with van der Waals surface area (Å²) >= 11 is 0. The molecule has 0 heterocycles. The van der Waals surface area contributed by atoms with Gasteiger partial charge in [-0.05, 0) is 48.5 Å². The predicted molar refractivity (Wildman–Crippen MR) is 68.0 cm³/mol. The Morgan fingerprint density at radius 3 is 2.56 bits per heavy atom. The highest BCUT2D eigenvalue weighted by molar-refractivity contribution is 5.11. The molecule has 0 spiro atoms. The van der Waals surface area contributed by atoms with Crippen LogP contribution in [0.15, 0.2) is 24.5 Å². The zero-order valence-electron chi connectivity index (χ0n) is 11.0. The molecular weight excluding hydrogens is 196 g/mol. The zero-order chi connectivity index (χ0) is 11.9. The van der Waals surface area contributed by atoms with Crippen molar-refractivity contribution in [3.05, 3.63) is 24.5 Å². The first kappa shape index (κ1) is 11.8. The number of hydrogen-bond acceptors (Lipinski definition) is 1. The van der Waals surface area contributed by atoms with Crippen LogP contribution in [0.25, 0.3) is 0 Å². The van der Waals surface area contributed by atoms with Gasteiger partial charge >= 0.3 is 0 Å². The van der Waals surface area contributed by atoms with E-state index in [0.717, 1.165) is 17.4 Å². The first-order valence-electron chi connectivity index (χ1n) is 6.41. The summed E-state index contributed by atoms with van der Waals surface area (Å²) in [4.78, 5) is 0. The maximum Gasteiger partial charge on any atom is 0.101 e. The summed E-state index contributed by atoms with van der Waals surface area (Å²) in [7, 11) is 0. The minimum Gasteiger partial charge on any atom is -0.497 e. The number of hydrogen-bond donors (Lipinski definition) is 0. The molecule has 0 aromatic heterocycles.